The Morgan fingerprint density at radius 3 is 2.71 bits per heavy atom. The lowest BCUT2D eigenvalue weighted by molar-refractivity contribution is -0.144. The lowest BCUT2D eigenvalue weighted by Gasteiger charge is -1.96. The average Bonchev–Trinajstić information content (AvgIpc) is 2.45. The van der Waals surface area contributed by atoms with Gasteiger partial charge >= 0.3 is 6.18 Å². The van der Waals surface area contributed by atoms with Gasteiger partial charge in [-0.15, -0.1) is 5.10 Å². The highest BCUT2D eigenvalue weighted by atomic mass is 35.5. The summed E-state index contributed by atoms with van der Waals surface area (Å²) in [5.74, 6) is -1.17. The highest BCUT2D eigenvalue weighted by Crippen LogP contribution is 2.26. The lowest BCUT2D eigenvalue weighted by atomic mass is 10.5. The molecule has 74 valence electrons. The molecule has 0 aliphatic heterocycles. The molecule has 7 heteroatoms. The fourth-order valence-electron chi connectivity index (χ4n) is 0.977. The van der Waals surface area contributed by atoms with Crippen LogP contribution in [0.3, 0.4) is 0 Å². The van der Waals surface area contributed by atoms with E-state index in [1.807, 2.05) is 0 Å². The first-order valence-corrected chi connectivity index (χ1v) is 3.94. The van der Waals surface area contributed by atoms with Crippen molar-refractivity contribution < 1.29 is 13.2 Å². The minimum atomic E-state index is -4.53. The van der Waals surface area contributed by atoms with Crippen LogP contribution in [0.5, 0.6) is 0 Å². The Labute approximate surface area is 81.1 Å². The first-order valence-electron chi connectivity index (χ1n) is 3.56. The number of rotatable bonds is 0. The summed E-state index contributed by atoms with van der Waals surface area (Å²) < 4.78 is 37.5. The molecule has 2 heterocycles. The van der Waals surface area contributed by atoms with Gasteiger partial charge in [-0.2, -0.15) is 13.2 Å². The van der Waals surface area contributed by atoms with E-state index in [-0.39, 0.29) is 5.65 Å². The minimum absolute atomic E-state index is 0.0739. The molecule has 0 aromatic carbocycles. The molecule has 0 unspecified atom stereocenters. The van der Waals surface area contributed by atoms with E-state index in [0.29, 0.717) is 5.02 Å². The predicted molar refractivity (Wildman–Crippen MR) is 43.0 cm³/mol. The number of hydrogen-bond donors (Lipinski definition) is 0. The van der Waals surface area contributed by atoms with Crippen LogP contribution in [-0.2, 0) is 6.18 Å². The number of hydrogen-bond acceptors (Lipinski definition) is 2. The van der Waals surface area contributed by atoms with Gasteiger partial charge in [0.25, 0.3) is 5.82 Å². The van der Waals surface area contributed by atoms with Crippen LogP contribution in [0.15, 0.2) is 18.3 Å². The molecule has 14 heavy (non-hydrogen) atoms. The Hall–Kier alpha value is -1.30. The van der Waals surface area contributed by atoms with E-state index in [0.717, 1.165) is 4.52 Å². The number of aromatic nitrogens is 3. The van der Waals surface area contributed by atoms with Crippen molar-refractivity contribution >= 4 is 17.2 Å². The molecule has 0 aliphatic rings. The Balaban J connectivity index is 2.63. The molecule has 0 radical (unpaired) electrons. The zero-order chi connectivity index (χ0) is 10.3. The molecule has 3 nitrogen and oxygen atoms in total. The molecule has 2 aromatic heterocycles. The monoisotopic (exact) mass is 221 g/mol. The van der Waals surface area contributed by atoms with Crippen molar-refractivity contribution in [3.05, 3.63) is 29.2 Å². The van der Waals surface area contributed by atoms with Crippen molar-refractivity contribution in [2.45, 2.75) is 6.18 Å². The van der Waals surface area contributed by atoms with E-state index in [1.165, 1.54) is 18.3 Å². The van der Waals surface area contributed by atoms with Crippen LogP contribution in [0.4, 0.5) is 13.2 Å². The van der Waals surface area contributed by atoms with Gasteiger partial charge in [0.05, 0.1) is 0 Å². The molecule has 0 saturated carbocycles. The molecule has 2 aromatic rings. The summed E-state index contributed by atoms with van der Waals surface area (Å²) in [7, 11) is 0. The van der Waals surface area contributed by atoms with Gasteiger partial charge in [-0.25, -0.2) is 9.50 Å². The zero-order valence-corrected chi connectivity index (χ0v) is 7.34. The minimum Gasteiger partial charge on any atom is -0.220 e. The largest absolute Gasteiger partial charge is 0.453 e. The Morgan fingerprint density at radius 1 is 1.36 bits per heavy atom. The maximum atomic E-state index is 12.2. The predicted octanol–water partition coefficient (Wildman–Crippen LogP) is 2.40. The van der Waals surface area contributed by atoms with Gasteiger partial charge in [-0.05, 0) is 6.07 Å². The van der Waals surface area contributed by atoms with E-state index in [4.69, 9.17) is 11.6 Å². The molecule has 0 saturated heterocycles. The van der Waals surface area contributed by atoms with Gasteiger partial charge in [0.2, 0.25) is 0 Å². The molecular weight excluding hydrogens is 219 g/mol. The third-order valence-corrected chi connectivity index (χ3v) is 1.79. The van der Waals surface area contributed by atoms with E-state index in [1.54, 1.807) is 0 Å². The van der Waals surface area contributed by atoms with E-state index >= 15 is 0 Å². The molecule has 0 amide bonds. The van der Waals surface area contributed by atoms with Crippen LogP contribution >= 0.6 is 11.6 Å². The lowest BCUT2D eigenvalue weighted by Crippen LogP contribution is -2.07. The van der Waals surface area contributed by atoms with E-state index in [2.05, 4.69) is 10.1 Å². The fourth-order valence-corrected chi connectivity index (χ4v) is 1.13. The fraction of sp³-hybridized carbons (Fsp3) is 0.143. The smallest absolute Gasteiger partial charge is 0.220 e. The standard InChI is InChI=1S/C7H3ClF3N3/c8-4-1-2-14-5(3-4)12-6(13-14)7(9,10)11/h1-3H. The summed E-state index contributed by atoms with van der Waals surface area (Å²) >= 11 is 5.58. The van der Waals surface area contributed by atoms with Crippen molar-refractivity contribution in [2.24, 2.45) is 0 Å². The van der Waals surface area contributed by atoms with Crippen molar-refractivity contribution in [2.75, 3.05) is 0 Å². The number of nitrogens with zero attached hydrogens (tertiary/aromatic N) is 3. The van der Waals surface area contributed by atoms with Gasteiger partial charge in [0, 0.05) is 17.3 Å². The number of halogens is 4. The third kappa shape index (κ3) is 1.52. The van der Waals surface area contributed by atoms with Crippen LogP contribution in [0.1, 0.15) is 5.82 Å². The van der Waals surface area contributed by atoms with Crippen molar-refractivity contribution in [3.63, 3.8) is 0 Å². The van der Waals surface area contributed by atoms with Crippen molar-refractivity contribution in [1.82, 2.24) is 14.6 Å². The second kappa shape index (κ2) is 2.84. The maximum absolute atomic E-state index is 12.2. The molecular formula is C7H3ClF3N3. The Kier molecular flexibility index (Phi) is 1.88. The molecule has 0 fully saturated rings. The van der Waals surface area contributed by atoms with Crippen LogP contribution in [0.25, 0.3) is 5.65 Å². The van der Waals surface area contributed by atoms with Crippen LogP contribution < -0.4 is 0 Å². The first-order chi connectivity index (χ1) is 6.47. The van der Waals surface area contributed by atoms with Crippen LogP contribution in [0.2, 0.25) is 5.02 Å². The Morgan fingerprint density at radius 2 is 2.07 bits per heavy atom. The summed E-state index contributed by atoms with van der Waals surface area (Å²) in [6.07, 6.45) is -3.21. The molecule has 0 aliphatic carbocycles. The third-order valence-electron chi connectivity index (χ3n) is 1.55. The molecule has 0 atom stereocenters. The second-order valence-electron chi connectivity index (χ2n) is 2.58. The highest BCUT2D eigenvalue weighted by molar-refractivity contribution is 6.30. The number of alkyl halides is 3. The van der Waals surface area contributed by atoms with Gasteiger partial charge in [-0.1, -0.05) is 11.6 Å². The molecule has 0 N–H and O–H groups in total. The molecule has 0 spiro atoms. The maximum Gasteiger partial charge on any atom is 0.453 e. The molecule has 0 bridgehead atoms. The second-order valence-corrected chi connectivity index (χ2v) is 3.02. The highest BCUT2D eigenvalue weighted by Gasteiger charge is 2.36. The van der Waals surface area contributed by atoms with Gasteiger partial charge < -0.3 is 0 Å². The van der Waals surface area contributed by atoms with Crippen molar-refractivity contribution in [1.29, 1.82) is 0 Å². The first kappa shape index (κ1) is 9.26. The summed E-state index contributed by atoms with van der Waals surface area (Å²) in [5, 5.41) is 3.57. The van der Waals surface area contributed by atoms with E-state index < -0.39 is 12.0 Å². The normalized spacial score (nSPS) is 12.3. The average molecular weight is 222 g/mol. The summed E-state index contributed by atoms with van der Waals surface area (Å²) in [6, 6.07) is 2.74. The summed E-state index contributed by atoms with van der Waals surface area (Å²) in [6.45, 7) is 0. The van der Waals surface area contributed by atoms with Crippen molar-refractivity contribution in [3.8, 4) is 0 Å². The zero-order valence-electron chi connectivity index (χ0n) is 6.59. The van der Waals surface area contributed by atoms with Gasteiger partial charge in [-0.3, -0.25) is 0 Å². The van der Waals surface area contributed by atoms with Crippen LogP contribution in [-0.4, -0.2) is 14.6 Å². The number of fused-ring (bicyclic) bond motifs is 1. The van der Waals surface area contributed by atoms with E-state index in [9.17, 15) is 13.2 Å². The topological polar surface area (TPSA) is 30.2 Å². The van der Waals surface area contributed by atoms with Gasteiger partial charge in [0.1, 0.15) is 0 Å². The molecule has 2 rings (SSSR count). The van der Waals surface area contributed by atoms with Gasteiger partial charge in [0.15, 0.2) is 5.65 Å². The van der Waals surface area contributed by atoms with Crippen LogP contribution in [0, 0.1) is 0 Å². The SMILES string of the molecule is FC(F)(F)c1nc2cc(Cl)ccn2n1. The quantitative estimate of drug-likeness (QED) is 0.684. The summed E-state index contributed by atoms with van der Waals surface area (Å²) in [5.41, 5.74) is 0.0739. The number of pyridine rings is 1. The summed E-state index contributed by atoms with van der Waals surface area (Å²) in [4.78, 5) is 3.29. The Bertz CT molecular complexity index is 476.